The van der Waals surface area contributed by atoms with Crippen LogP contribution in [0.5, 0.6) is 0 Å². The van der Waals surface area contributed by atoms with Crippen LogP contribution in [0.25, 0.3) is 11.1 Å². The highest BCUT2D eigenvalue weighted by atomic mass is 16.6. The Kier molecular flexibility index (Phi) is 5.85. The molecule has 0 aliphatic heterocycles. The summed E-state index contributed by atoms with van der Waals surface area (Å²) < 4.78 is 6.09. The van der Waals surface area contributed by atoms with Gasteiger partial charge in [-0.1, -0.05) is 81.5 Å². The van der Waals surface area contributed by atoms with Gasteiger partial charge in [0.2, 0.25) is 0 Å². The van der Waals surface area contributed by atoms with Gasteiger partial charge in [-0.2, -0.15) is 0 Å². The average Bonchev–Trinajstić information content (AvgIpc) is 3.42. The number of carbonyl (C=O) groups is 2. The molecule has 6 rings (SSSR count). The van der Waals surface area contributed by atoms with E-state index < -0.39 is 41.7 Å². The molecule has 8 atom stereocenters. The molecule has 0 aromatic heterocycles. The number of fused-ring (bicyclic) bond motifs is 3. The van der Waals surface area contributed by atoms with Gasteiger partial charge in [0, 0.05) is 5.92 Å². The lowest BCUT2D eigenvalue weighted by atomic mass is 9.59. The number of aliphatic hydroxyl groups is 3. The zero-order valence-corrected chi connectivity index (χ0v) is 22.8. The summed E-state index contributed by atoms with van der Waals surface area (Å²) >= 11 is 0. The van der Waals surface area contributed by atoms with Crippen molar-refractivity contribution >= 4 is 11.8 Å². The molecular weight excluding hydrogens is 492 g/mol. The fourth-order valence-corrected chi connectivity index (χ4v) is 8.29. The van der Waals surface area contributed by atoms with Gasteiger partial charge < -0.3 is 20.1 Å². The van der Waals surface area contributed by atoms with Gasteiger partial charge in [0.25, 0.3) is 0 Å². The smallest absolute Gasteiger partial charge is 0.339 e. The van der Waals surface area contributed by atoms with E-state index in [-0.39, 0.29) is 34.5 Å². The van der Waals surface area contributed by atoms with Crippen LogP contribution in [0.3, 0.4) is 0 Å². The number of rotatable bonds is 4. The van der Waals surface area contributed by atoms with E-state index >= 15 is 0 Å². The van der Waals surface area contributed by atoms with Crippen molar-refractivity contribution in [2.45, 2.75) is 51.9 Å². The van der Waals surface area contributed by atoms with Gasteiger partial charge in [-0.05, 0) is 64.9 Å². The summed E-state index contributed by atoms with van der Waals surface area (Å²) in [6, 6.07) is 16.6. The van der Waals surface area contributed by atoms with E-state index in [9.17, 15) is 24.9 Å². The number of Topliss-reactive ketones (excluding diaryl/α,β-unsaturated/α-hetero) is 1. The van der Waals surface area contributed by atoms with Crippen molar-refractivity contribution in [3.05, 3.63) is 83.5 Å². The zero-order valence-electron chi connectivity index (χ0n) is 22.8. The minimum Gasteiger partial charge on any atom is -0.451 e. The number of benzene rings is 2. The second-order valence-electron chi connectivity index (χ2n) is 12.6. The Morgan fingerprint density at radius 3 is 2.44 bits per heavy atom. The first-order valence-corrected chi connectivity index (χ1v) is 13.8. The van der Waals surface area contributed by atoms with Crippen molar-refractivity contribution in [2.24, 2.45) is 34.5 Å². The van der Waals surface area contributed by atoms with Crippen molar-refractivity contribution in [1.82, 2.24) is 0 Å². The number of esters is 1. The van der Waals surface area contributed by atoms with Crippen LogP contribution in [0, 0.1) is 34.5 Å². The number of aliphatic hydroxyl groups excluding tert-OH is 2. The second-order valence-corrected chi connectivity index (χ2v) is 12.6. The van der Waals surface area contributed by atoms with Gasteiger partial charge in [0.1, 0.15) is 6.10 Å². The first-order chi connectivity index (χ1) is 18.5. The van der Waals surface area contributed by atoms with Gasteiger partial charge in [-0.3, -0.25) is 4.79 Å². The Bertz CT molecular complexity index is 1410. The van der Waals surface area contributed by atoms with Crippen molar-refractivity contribution in [3.63, 3.8) is 0 Å². The number of hydrogen-bond acceptors (Lipinski definition) is 6. The third-order valence-corrected chi connectivity index (χ3v) is 10.4. The molecule has 6 nitrogen and oxygen atoms in total. The Morgan fingerprint density at radius 2 is 1.74 bits per heavy atom. The van der Waals surface area contributed by atoms with Gasteiger partial charge in [-0.25, -0.2) is 4.79 Å². The normalized spacial score (nSPS) is 38.0. The predicted molar refractivity (Wildman–Crippen MR) is 146 cm³/mol. The van der Waals surface area contributed by atoms with Crippen molar-refractivity contribution in [3.8, 4) is 11.1 Å². The molecule has 0 amide bonds. The Morgan fingerprint density at radius 1 is 1.08 bits per heavy atom. The van der Waals surface area contributed by atoms with Crippen molar-refractivity contribution in [1.29, 1.82) is 0 Å². The molecule has 204 valence electrons. The lowest BCUT2D eigenvalue weighted by molar-refractivity contribution is -0.190. The van der Waals surface area contributed by atoms with E-state index in [1.165, 1.54) is 0 Å². The minimum atomic E-state index is -2.16. The van der Waals surface area contributed by atoms with Crippen molar-refractivity contribution < 1.29 is 29.6 Å². The van der Waals surface area contributed by atoms with Crippen LogP contribution in [-0.2, 0) is 9.53 Å². The average molecular weight is 529 g/mol. The van der Waals surface area contributed by atoms with Crippen LogP contribution in [0.15, 0.2) is 77.9 Å². The molecule has 2 aromatic rings. The number of allylic oxidation sites excluding steroid dienone is 1. The molecule has 0 saturated heterocycles. The van der Waals surface area contributed by atoms with Gasteiger partial charge in [0.05, 0.1) is 17.6 Å². The highest BCUT2D eigenvalue weighted by Gasteiger charge is 2.76. The second kappa shape index (κ2) is 8.72. The summed E-state index contributed by atoms with van der Waals surface area (Å²) in [5.74, 6) is -1.33. The number of ketones is 1. The molecule has 2 bridgehead atoms. The molecule has 39 heavy (non-hydrogen) atoms. The quantitative estimate of drug-likeness (QED) is 0.403. The molecule has 0 heterocycles. The van der Waals surface area contributed by atoms with Gasteiger partial charge in [-0.15, -0.1) is 0 Å². The number of carbonyl (C=O) groups excluding carboxylic acids is 2. The minimum absolute atomic E-state index is 0.0505. The maximum atomic E-state index is 14.5. The number of hydrogen-bond donors (Lipinski definition) is 3. The summed E-state index contributed by atoms with van der Waals surface area (Å²) in [7, 11) is 0. The van der Waals surface area contributed by atoms with Crippen molar-refractivity contribution in [2.75, 3.05) is 6.61 Å². The summed E-state index contributed by atoms with van der Waals surface area (Å²) in [6.45, 7) is 7.50. The molecule has 2 aromatic carbocycles. The fraction of sp³-hybridized carbons (Fsp3) is 0.455. The van der Waals surface area contributed by atoms with Gasteiger partial charge in [0.15, 0.2) is 17.5 Å². The Labute approximate surface area is 229 Å². The Balaban J connectivity index is 1.45. The molecule has 7 unspecified atom stereocenters. The van der Waals surface area contributed by atoms with E-state index in [4.69, 9.17) is 4.74 Å². The highest BCUT2D eigenvalue weighted by Crippen LogP contribution is 2.71. The molecule has 2 saturated carbocycles. The fourth-order valence-electron chi connectivity index (χ4n) is 8.29. The highest BCUT2D eigenvalue weighted by molar-refractivity contribution is 5.98. The van der Waals surface area contributed by atoms with Crippen LogP contribution >= 0.6 is 0 Å². The molecule has 1 spiro atoms. The lowest BCUT2D eigenvalue weighted by Crippen LogP contribution is -2.65. The molecule has 6 heteroatoms. The first-order valence-electron chi connectivity index (χ1n) is 13.8. The summed E-state index contributed by atoms with van der Waals surface area (Å²) in [5, 5.41) is 34.6. The van der Waals surface area contributed by atoms with Crippen LogP contribution in [0.1, 0.15) is 44.5 Å². The third-order valence-electron chi connectivity index (χ3n) is 10.4. The molecule has 0 radical (unpaired) electrons. The van der Waals surface area contributed by atoms with E-state index in [0.29, 0.717) is 23.1 Å². The first kappa shape index (κ1) is 26.2. The molecule has 4 aliphatic rings. The van der Waals surface area contributed by atoms with E-state index in [1.54, 1.807) is 31.2 Å². The van der Waals surface area contributed by atoms with Crippen LogP contribution in [0.2, 0.25) is 0 Å². The van der Waals surface area contributed by atoms with E-state index in [2.05, 4.69) is 13.8 Å². The van der Waals surface area contributed by atoms with Crippen LogP contribution < -0.4 is 0 Å². The molecule has 4 aliphatic carbocycles. The molecule has 2 fully saturated rings. The van der Waals surface area contributed by atoms with Crippen LogP contribution in [0.4, 0.5) is 0 Å². The maximum Gasteiger partial charge on any atom is 0.339 e. The molecule has 3 N–H and O–H groups in total. The zero-order chi connectivity index (χ0) is 27.9. The predicted octanol–water partition coefficient (Wildman–Crippen LogP) is 4.35. The van der Waals surface area contributed by atoms with E-state index in [0.717, 1.165) is 5.56 Å². The molecular formula is C33H36O6. The lowest BCUT2D eigenvalue weighted by Gasteiger charge is -2.48. The van der Waals surface area contributed by atoms with E-state index in [1.807, 2.05) is 49.4 Å². The number of ether oxygens (including phenoxy) is 1. The van der Waals surface area contributed by atoms with Crippen LogP contribution in [-0.4, -0.2) is 51.5 Å². The largest absolute Gasteiger partial charge is 0.451 e. The Hall–Kier alpha value is -3.06. The third kappa shape index (κ3) is 3.38. The van der Waals surface area contributed by atoms with Gasteiger partial charge >= 0.3 is 5.97 Å². The SMILES string of the molecule is CC1=CC23C(=O)C(C=C(CO)C(O)C2(O)C1OC(=O)c1ccccc1-c1ccccc1)C1C(C[C@H]3C)C1(C)C. The summed E-state index contributed by atoms with van der Waals surface area (Å²) in [5.41, 5.74) is -1.10. The maximum absolute atomic E-state index is 14.5. The summed E-state index contributed by atoms with van der Waals surface area (Å²) in [4.78, 5) is 28.3. The monoisotopic (exact) mass is 528 g/mol. The standard InChI is InChI=1S/C33H36O6/c1-18-16-32-19(2)14-25-26(31(25,3)4)24(28(32)36)15-21(17-34)27(35)33(32,38)29(18)39-30(37)23-13-9-8-12-22(23)20-10-6-5-7-11-20/h5-13,15-16,19,24-27,29,34-35,38H,14,17H2,1-4H3/t19-,24?,25?,26?,27?,29?,32?,33?/m1/s1. The topological polar surface area (TPSA) is 104 Å². The summed E-state index contributed by atoms with van der Waals surface area (Å²) in [6.07, 6.45) is 1.28.